The van der Waals surface area contributed by atoms with Crippen LogP contribution in [-0.4, -0.2) is 30.6 Å². The molecule has 96 valence electrons. The van der Waals surface area contributed by atoms with E-state index < -0.39 is 0 Å². The number of rotatable bonds is 3. The third-order valence-electron chi connectivity index (χ3n) is 2.49. The van der Waals surface area contributed by atoms with Crippen molar-refractivity contribution in [2.24, 2.45) is 0 Å². The lowest BCUT2D eigenvalue weighted by atomic mass is 10.3. The zero-order valence-corrected chi connectivity index (χ0v) is 10.1. The van der Waals surface area contributed by atoms with Crippen LogP contribution in [0.1, 0.15) is 22.2 Å². The van der Waals surface area contributed by atoms with E-state index in [-0.39, 0.29) is 12.5 Å². The van der Waals surface area contributed by atoms with Crippen LogP contribution in [0.4, 0.5) is 0 Å². The predicted molar refractivity (Wildman–Crippen MR) is 63.2 cm³/mol. The monoisotopic (exact) mass is 258 g/mol. The standard InChI is InChI=1S/C11H10N6O2/c1-7-15-10(19-16-7)6-13-11(18)8-2-4-12-9-3-5-14-17(8)9/h2-5H,6H2,1H3,(H,13,18). The molecule has 0 aliphatic rings. The van der Waals surface area contributed by atoms with Crippen molar-refractivity contribution in [2.45, 2.75) is 13.5 Å². The molecule has 0 aliphatic carbocycles. The molecule has 1 amide bonds. The van der Waals surface area contributed by atoms with Crippen LogP contribution in [0, 0.1) is 6.92 Å². The first-order chi connectivity index (χ1) is 9.24. The Morgan fingerprint density at radius 3 is 3.11 bits per heavy atom. The third kappa shape index (κ3) is 2.15. The van der Waals surface area contributed by atoms with Crippen molar-refractivity contribution in [3.05, 3.63) is 41.9 Å². The molecule has 8 heteroatoms. The fourth-order valence-corrected chi connectivity index (χ4v) is 1.66. The second-order valence-corrected chi connectivity index (χ2v) is 3.85. The summed E-state index contributed by atoms with van der Waals surface area (Å²) in [5.74, 6) is 0.603. The van der Waals surface area contributed by atoms with Gasteiger partial charge in [0.25, 0.3) is 5.91 Å². The van der Waals surface area contributed by atoms with Gasteiger partial charge in [-0.15, -0.1) is 0 Å². The lowest BCUT2D eigenvalue weighted by Gasteiger charge is -2.04. The highest BCUT2D eigenvalue weighted by atomic mass is 16.5. The molecule has 0 radical (unpaired) electrons. The third-order valence-corrected chi connectivity index (χ3v) is 2.49. The molecule has 8 nitrogen and oxygen atoms in total. The molecule has 3 aromatic rings. The first kappa shape index (κ1) is 11.3. The maximum Gasteiger partial charge on any atom is 0.270 e. The van der Waals surface area contributed by atoms with Crippen LogP contribution in [0.25, 0.3) is 5.65 Å². The average Bonchev–Trinajstić information content (AvgIpc) is 3.03. The van der Waals surface area contributed by atoms with Gasteiger partial charge < -0.3 is 9.84 Å². The molecule has 0 spiro atoms. The predicted octanol–water partition coefficient (Wildman–Crippen LogP) is 0.351. The van der Waals surface area contributed by atoms with Gasteiger partial charge in [-0.3, -0.25) is 4.79 Å². The van der Waals surface area contributed by atoms with E-state index in [1.807, 2.05) is 0 Å². The molecule has 0 aliphatic heterocycles. The van der Waals surface area contributed by atoms with Gasteiger partial charge in [0.2, 0.25) is 5.89 Å². The van der Waals surface area contributed by atoms with E-state index in [2.05, 4.69) is 25.5 Å². The molecule has 0 saturated heterocycles. The van der Waals surface area contributed by atoms with Crippen molar-refractivity contribution in [1.29, 1.82) is 0 Å². The summed E-state index contributed by atoms with van der Waals surface area (Å²) in [6.07, 6.45) is 3.14. The van der Waals surface area contributed by atoms with Gasteiger partial charge in [-0.1, -0.05) is 5.16 Å². The van der Waals surface area contributed by atoms with Crippen molar-refractivity contribution < 1.29 is 9.32 Å². The molecule has 1 N–H and O–H groups in total. The minimum Gasteiger partial charge on any atom is -0.342 e. The van der Waals surface area contributed by atoms with Crippen molar-refractivity contribution in [3.63, 3.8) is 0 Å². The zero-order chi connectivity index (χ0) is 13.2. The van der Waals surface area contributed by atoms with Gasteiger partial charge in [0.05, 0.1) is 12.7 Å². The van der Waals surface area contributed by atoms with E-state index in [1.54, 1.807) is 31.5 Å². The molecular weight excluding hydrogens is 248 g/mol. The Kier molecular flexibility index (Phi) is 2.67. The highest BCUT2D eigenvalue weighted by Gasteiger charge is 2.12. The maximum absolute atomic E-state index is 12.0. The van der Waals surface area contributed by atoms with Crippen LogP contribution < -0.4 is 5.32 Å². The first-order valence-corrected chi connectivity index (χ1v) is 5.60. The quantitative estimate of drug-likeness (QED) is 0.727. The number of hydrogen-bond acceptors (Lipinski definition) is 6. The second kappa shape index (κ2) is 4.48. The Balaban J connectivity index is 1.78. The Morgan fingerprint density at radius 2 is 2.32 bits per heavy atom. The lowest BCUT2D eigenvalue weighted by molar-refractivity contribution is 0.0938. The Hall–Kier alpha value is -2.77. The first-order valence-electron chi connectivity index (χ1n) is 5.60. The van der Waals surface area contributed by atoms with Crippen LogP contribution in [0.2, 0.25) is 0 Å². The normalized spacial score (nSPS) is 10.8. The molecule has 3 aromatic heterocycles. The summed E-state index contributed by atoms with van der Waals surface area (Å²) in [5.41, 5.74) is 1.01. The minimum absolute atomic E-state index is 0.171. The Bertz CT molecular complexity index is 731. The van der Waals surface area contributed by atoms with E-state index >= 15 is 0 Å². The Morgan fingerprint density at radius 1 is 1.42 bits per heavy atom. The summed E-state index contributed by atoms with van der Waals surface area (Å²) < 4.78 is 6.38. The highest BCUT2D eigenvalue weighted by Crippen LogP contribution is 2.03. The Labute approximate surface area is 107 Å². The largest absolute Gasteiger partial charge is 0.342 e. The SMILES string of the molecule is Cc1noc(CNC(=O)c2ccnc3ccnn23)n1. The number of aryl methyl sites for hydroxylation is 1. The molecule has 19 heavy (non-hydrogen) atoms. The van der Waals surface area contributed by atoms with Gasteiger partial charge in [0.1, 0.15) is 5.69 Å². The minimum atomic E-state index is -0.285. The van der Waals surface area contributed by atoms with Gasteiger partial charge in [-0.25, -0.2) is 9.50 Å². The van der Waals surface area contributed by atoms with Crippen molar-refractivity contribution in [3.8, 4) is 0 Å². The number of nitrogens with one attached hydrogen (secondary N) is 1. The number of carbonyl (C=O) groups excluding carboxylic acids is 1. The number of fused-ring (bicyclic) bond motifs is 1. The number of amides is 1. The molecule has 3 heterocycles. The van der Waals surface area contributed by atoms with Crippen molar-refractivity contribution in [1.82, 2.24) is 30.1 Å². The molecule has 0 unspecified atom stereocenters. The van der Waals surface area contributed by atoms with Gasteiger partial charge in [0, 0.05) is 12.3 Å². The van der Waals surface area contributed by atoms with E-state index in [4.69, 9.17) is 4.52 Å². The summed E-state index contributed by atoms with van der Waals surface area (Å²) in [6.45, 7) is 1.88. The fourth-order valence-electron chi connectivity index (χ4n) is 1.66. The van der Waals surface area contributed by atoms with E-state index in [9.17, 15) is 4.79 Å². The molecular formula is C11H10N6O2. The van der Waals surface area contributed by atoms with E-state index in [0.717, 1.165) is 0 Å². The van der Waals surface area contributed by atoms with Crippen molar-refractivity contribution in [2.75, 3.05) is 0 Å². The van der Waals surface area contributed by atoms with Crippen LogP contribution in [-0.2, 0) is 6.54 Å². The molecule has 0 atom stereocenters. The molecule has 0 bridgehead atoms. The summed E-state index contributed by atoms with van der Waals surface area (Å²) in [4.78, 5) is 20.1. The molecule has 0 fully saturated rings. The zero-order valence-electron chi connectivity index (χ0n) is 10.1. The fraction of sp³-hybridized carbons (Fsp3) is 0.182. The van der Waals surface area contributed by atoms with Crippen LogP contribution in [0.3, 0.4) is 0 Å². The van der Waals surface area contributed by atoms with E-state index in [0.29, 0.717) is 23.1 Å². The topological polar surface area (TPSA) is 98.2 Å². The summed E-state index contributed by atoms with van der Waals surface area (Å²) in [7, 11) is 0. The van der Waals surface area contributed by atoms with Crippen LogP contribution >= 0.6 is 0 Å². The number of aromatic nitrogens is 5. The van der Waals surface area contributed by atoms with Crippen LogP contribution in [0.15, 0.2) is 29.0 Å². The summed E-state index contributed by atoms with van der Waals surface area (Å²) in [5, 5.41) is 10.4. The lowest BCUT2D eigenvalue weighted by Crippen LogP contribution is -2.25. The molecule has 0 aromatic carbocycles. The highest BCUT2D eigenvalue weighted by molar-refractivity contribution is 5.92. The number of carbonyl (C=O) groups is 1. The van der Waals surface area contributed by atoms with Gasteiger partial charge >= 0.3 is 0 Å². The smallest absolute Gasteiger partial charge is 0.270 e. The number of hydrogen-bond donors (Lipinski definition) is 1. The van der Waals surface area contributed by atoms with Gasteiger partial charge in [0.15, 0.2) is 11.5 Å². The van der Waals surface area contributed by atoms with E-state index in [1.165, 1.54) is 4.52 Å². The van der Waals surface area contributed by atoms with Crippen LogP contribution in [0.5, 0.6) is 0 Å². The molecule has 3 rings (SSSR count). The van der Waals surface area contributed by atoms with Gasteiger partial charge in [-0.05, 0) is 13.0 Å². The summed E-state index contributed by atoms with van der Waals surface area (Å²) in [6, 6.07) is 3.31. The number of nitrogens with zero attached hydrogens (tertiary/aromatic N) is 5. The van der Waals surface area contributed by atoms with Gasteiger partial charge in [-0.2, -0.15) is 10.1 Å². The molecule has 0 saturated carbocycles. The summed E-state index contributed by atoms with van der Waals surface area (Å²) >= 11 is 0. The second-order valence-electron chi connectivity index (χ2n) is 3.85. The van der Waals surface area contributed by atoms with Crippen molar-refractivity contribution >= 4 is 11.6 Å². The average molecular weight is 258 g/mol. The maximum atomic E-state index is 12.0.